The Bertz CT molecular complexity index is 549. The van der Waals surface area contributed by atoms with Crippen molar-refractivity contribution < 1.29 is 0 Å². The third kappa shape index (κ3) is 1.45. The highest BCUT2D eigenvalue weighted by molar-refractivity contribution is 5.92. The van der Waals surface area contributed by atoms with Crippen molar-refractivity contribution in [3.63, 3.8) is 0 Å². The van der Waals surface area contributed by atoms with Crippen molar-refractivity contribution in [2.24, 2.45) is 7.05 Å². The largest absolute Gasteiger partial charge is 0.347 e. The molecule has 0 atom stereocenters. The summed E-state index contributed by atoms with van der Waals surface area (Å²) >= 11 is 0. The minimum Gasteiger partial charge on any atom is -0.347 e. The molecule has 1 aromatic carbocycles. The van der Waals surface area contributed by atoms with E-state index in [1.54, 1.807) is 0 Å². The van der Waals surface area contributed by atoms with Crippen LogP contribution in [0.2, 0.25) is 0 Å². The molecular weight excluding hydrogens is 206 g/mol. The zero-order chi connectivity index (χ0) is 12.9. The van der Waals surface area contributed by atoms with Crippen molar-refractivity contribution in [2.75, 3.05) is 0 Å². The molecule has 0 aliphatic heterocycles. The van der Waals surface area contributed by atoms with Gasteiger partial charge in [-0.05, 0) is 68.9 Å². The molecule has 0 aliphatic carbocycles. The van der Waals surface area contributed by atoms with Crippen LogP contribution < -0.4 is 0 Å². The van der Waals surface area contributed by atoms with Gasteiger partial charge in [-0.15, -0.1) is 0 Å². The van der Waals surface area contributed by atoms with Gasteiger partial charge in [-0.25, -0.2) is 0 Å². The lowest BCUT2D eigenvalue weighted by Gasteiger charge is -2.13. The summed E-state index contributed by atoms with van der Waals surface area (Å²) in [4.78, 5) is 0. The lowest BCUT2D eigenvalue weighted by Crippen LogP contribution is -1.98. The molecule has 0 radical (unpaired) electrons. The fraction of sp³-hybridized carbons (Fsp3) is 0.500. The Morgan fingerprint density at radius 1 is 0.765 bits per heavy atom. The summed E-state index contributed by atoms with van der Waals surface area (Å²) in [5, 5.41) is 1.48. The number of rotatable bonds is 1. The molecule has 0 saturated heterocycles. The third-order valence-corrected chi connectivity index (χ3v) is 4.54. The van der Waals surface area contributed by atoms with Crippen molar-refractivity contribution >= 4 is 10.9 Å². The first-order valence-electron chi connectivity index (χ1n) is 6.46. The van der Waals surface area contributed by atoms with Crippen molar-refractivity contribution in [3.05, 3.63) is 33.5 Å². The summed E-state index contributed by atoms with van der Waals surface area (Å²) in [5.41, 5.74) is 10.2. The average molecular weight is 229 g/mol. The second-order valence-corrected chi connectivity index (χ2v) is 5.21. The van der Waals surface area contributed by atoms with Gasteiger partial charge >= 0.3 is 0 Å². The van der Waals surface area contributed by atoms with Crippen molar-refractivity contribution in [2.45, 2.75) is 48.0 Å². The van der Waals surface area contributed by atoms with Gasteiger partial charge in [0.15, 0.2) is 0 Å². The van der Waals surface area contributed by atoms with Crippen LogP contribution in [0.3, 0.4) is 0 Å². The Morgan fingerprint density at radius 3 is 1.82 bits per heavy atom. The van der Waals surface area contributed by atoms with Gasteiger partial charge in [-0.3, -0.25) is 0 Å². The number of hydrogen-bond donors (Lipinski definition) is 0. The van der Waals surface area contributed by atoms with Crippen LogP contribution in [-0.4, -0.2) is 4.57 Å². The predicted octanol–water partition coefficient (Wildman–Crippen LogP) is 4.28. The second kappa shape index (κ2) is 3.90. The molecular formula is C16H23N. The molecule has 0 aliphatic rings. The normalized spacial score (nSPS) is 11.5. The highest BCUT2D eigenvalue weighted by atomic mass is 15.0. The smallest absolute Gasteiger partial charge is 0.0517 e. The summed E-state index contributed by atoms with van der Waals surface area (Å²) in [6, 6.07) is 0. The Kier molecular flexibility index (Phi) is 2.81. The summed E-state index contributed by atoms with van der Waals surface area (Å²) in [6.07, 6.45) is 1.11. The maximum atomic E-state index is 2.39. The Hall–Kier alpha value is -1.24. The number of fused-ring (bicyclic) bond motifs is 1. The van der Waals surface area contributed by atoms with E-state index in [0.29, 0.717) is 0 Å². The fourth-order valence-electron chi connectivity index (χ4n) is 3.20. The minimum atomic E-state index is 1.11. The topological polar surface area (TPSA) is 4.93 Å². The third-order valence-electron chi connectivity index (χ3n) is 4.54. The monoisotopic (exact) mass is 229 g/mol. The fourth-order valence-corrected chi connectivity index (χ4v) is 3.20. The lowest BCUT2D eigenvalue weighted by molar-refractivity contribution is 0.854. The van der Waals surface area contributed by atoms with Crippen molar-refractivity contribution in [1.29, 1.82) is 0 Å². The molecule has 0 N–H and O–H groups in total. The molecule has 2 aromatic rings. The summed E-state index contributed by atoms with van der Waals surface area (Å²) in [6.45, 7) is 13.5. The Morgan fingerprint density at radius 2 is 1.29 bits per heavy atom. The quantitative estimate of drug-likeness (QED) is 0.687. The highest BCUT2D eigenvalue weighted by Gasteiger charge is 2.17. The van der Waals surface area contributed by atoms with E-state index in [9.17, 15) is 0 Å². The highest BCUT2D eigenvalue weighted by Crippen LogP contribution is 2.34. The number of benzene rings is 1. The second-order valence-electron chi connectivity index (χ2n) is 5.21. The van der Waals surface area contributed by atoms with Crippen LogP contribution in [0.4, 0.5) is 0 Å². The van der Waals surface area contributed by atoms with Crippen LogP contribution in [0.25, 0.3) is 10.9 Å². The molecule has 1 heteroatoms. The maximum Gasteiger partial charge on any atom is 0.0517 e. The van der Waals surface area contributed by atoms with Crippen LogP contribution in [-0.2, 0) is 13.5 Å². The van der Waals surface area contributed by atoms with E-state index in [1.165, 1.54) is 44.4 Å². The van der Waals surface area contributed by atoms with Gasteiger partial charge in [0.2, 0.25) is 0 Å². The molecule has 1 aromatic heterocycles. The summed E-state index contributed by atoms with van der Waals surface area (Å²) in [7, 11) is 2.20. The molecule has 17 heavy (non-hydrogen) atoms. The predicted molar refractivity (Wildman–Crippen MR) is 76.0 cm³/mol. The number of nitrogens with zero attached hydrogens (tertiary/aromatic N) is 1. The Balaban J connectivity index is 3.09. The molecule has 1 heterocycles. The van der Waals surface area contributed by atoms with Gasteiger partial charge in [0.25, 0.3) is 0 Å². The van der Waals surface area contributed by atoms with Gasteiger partial charge in [-0.2, -0.15) is 0 Å². The van der Waals surface area contributed by atoms with E-state index in [1.807, 2.05) is 0 Å². The first-order valence-corrected chi connectivity index (χ1v) is 6.46. The van der Waals surface area contributed by atoms with E-state index < -0.39 is 0 Å². The number of aryl methyl sites for hydroxylation is 4. The lowest BCUT2D eigenvalue weighted by atomic mass is 9.94. The van der Waals surface area contributed by atoms with Crippen molar-refractivity contribution in [1.82, 2.24) is 4.57 Å². The first-order chi connectivity index (χ1) is 7.91. The molecule has 0 amide bonds. The number of aromatic nitrogens is 1. The SMILES string of the molecule is CCc1c(C)c2c(C)c(C)c(C)c(C)c2n1C. The Labute approximate surface area is 104 Å². The van der Waals surface area contributed by atoms with Gasteiger partial charge in [0, 0.05) is 18.1 Å². The van der Waals surface area contributed by atoms with Crippen LogP contribution in [0.1, 0.15) is 40.4 Å². The van der Waals surface area contributed by atoms with Crippen LogP contribution in [0.5, 0.6) is 0 Å². The van der Waals surface area contributed by atoms with E-state index >= 15 is 0 Å². The molecule has 0 spiro atoms. The average Bonchev–Trinajstić information content (AvgIpc) is 2.55. The van der Waals surface area contributed by atoms with Crippen molar-refractivity contribution in [3.8, 4) is 0 Å². The molecule has 0 fully saturated rings. The van der Waals surface area contributed by atoms with E-state index in [2.05, 4.69) is 53.2 Å². The molecule has 2 rings (SSSR count). The zero-order valence-corrected chi connectivity index (χ0v) is 12.2. The van der Waals surface area contributed by atoms with E-state index in [-0.39, 0.29) is 0 Å². The summed E-state index contributed by atoms with van der Waals surface area (Å²) in [5.74, 6) is 0. The van der Waals surface area contributed by atoms with Crippen LogP contribution in [0.15, 0.2) is 0 Å². The first kappa shape index (κ1) is 12.2. The van der Waals surface area contributed by atoms with E-state index in [4.69, 9.17) is 0 Å². The molecule has 0 bridgehead atoms. The zero-order valence-electron chi connectivity index (χ0n) is 12.2. The van der Waals surface area contributed by atoms with E-state index in [0.717, 1.165) is 6.42 Å². The number of hydrogen-bond acceptors (Lipinski definition) is 0. The van der Waals surface area contributed by atoms with Gasteiger partial charge < -0.3 is 4.57 Å². The minimum absolute atomic E-state index is 1.11. The standard InChI is InChI=1S/C16H23N/c1-8-14-13(6)15-11(4)9(2)10(3)12(5)16(15)17(14)7/h8H2,1-7H3. The molecule has 0 unspecified atom stereocenters. The van der Waals surface area contributed by atoms with Crippen LogP contribution in [0, 0.1) is 34.6 Å². The van der Waals surface area contributed by atoms with Crippen LogP contribution >= 0.6 is 0 Å². The summed E-state index contributed by atoms with van der Waals surface area (Å²) < 4.78 is 2.39. The molecule has 0 saturated carbocycles. The molecule has 92 valence electrons. The van der Waals surface area contributed by atoms with Gasteiger partial charge in [-0.1, -0.05) is 6.92 Å². The molecule has 1 nitrogen and oxygen atoms in total. The van der Waals surface area contributed by atoms with Gasteiger partial charge in [0.05, 0.1) is 5.52 Å². The maximum absolute atomic E-state index is 2.39. The van der Waals surface area contributed by atoms with Gasteiger partial charge in [0.1, 0.15) is 0 Å².